The Morgan fingerprint density at radius 3 is 2.57 bits per heavy atom. The van der Waals surface area contributed by atoms with E-state index in [1.807, 2.05) is 20.8 Å². The van der Waals surface area contributed by atoms with Crippen LogP contribution in [0.15, 0.2) is 12.1 Å². The number of benzene rings is 1. The van der Waals surface area contributed by atoms with Crippen molar-refractivity contribution in [2.45, 2.75) is 26.8 Å². The molecule has 0 radical (unpaired) electrons. The van der Waals surface area contributed by atoms with Crippen LogP contribution in [0.25, 0.3) is 0 Å². The smallest absolute Gasteiger partial charge is 0.299 e. The van der Waals surface area contributed by atoms with Crippen LogP contribution in [0.4, 0.5) is 10.1 Å². The Morgan fingerprint density at radius 1 is 1.29 bits per heavy atom. The normalized spacial score (nSPS) is 15.8. The Morgan fingerprint density at radius 2 is 1.95 bits per heavy atom. The zero-order valence-corrected chi connectivity index (χ0v) is 13.0. The molecule has 1 aromatic carbocycles. The van der Waals surface area contributed by atoms with Crippen LogP contribution in [0.5, 0.6) is 0 Å². The van der Waals surface area contributed by atoms with Crippen molar-refractivity contribution < 1.29 is 14.0 Å². The highest BCUT2D eigenvalue weighted by molar-refractivity contribution is 6.52. The third kappa shape index (κ3) is 3.24. The van der Waals surface area contributed by atoms with Gasteiger partial charge in [-0.2, -0.15) is 0 Å². The number of carbonyl (C=O) groups is 2. The number of hydrogen-bond acceptors (Lipinski definition) is 3. The average molecular weight is 313 g/mol. The van der Waals surface area contributed by atoms with E-state index < -0.39 is 17.5 Å². The lowest BCUT2D eigenvalue weighted by atomic mass is 10.1. The number of rotatable bonds is 5. The van der Waals surface area contributed by atoms with E-state index in [4.69, 9.17) is 11.6 Å². The summed E-state index contributed by atoms with van der Waals surface area (Å²) in [5.41, 5.74) is 0.485. The van der Waals surface area contributed by atoms with Gasteiger partial charge in [-0.3, -0.25) is 9.59 Å². The van der Waals surface area contributed by atoms with Crippen LogP contribution in [-0.2, 0) is 4.79 Å². The van der Waals surface area contributed by atoms with E-state index in [-0.39, 0.29) is 16.5 Å². The van der Waals surface area contributed by atoms with Gasteiger partial charge in [-0.1, -0.05) is 32.4 Å². The van der Waals surface area contributed by atoms with Gasteiger partial charge in [-0.05, 0) is 24.6 Å². The highest BCUT2D eigenvalue weighted by Gasteiger charge is 2.37. The van der Waals surface area contributed by atoms with Crippen molar-refractivity contribution in [2.24, 2.45) is 5.92 Å². The van der Waals surface area contributed by atoms with Gasteiger partial charge in [-0.15, -0.1) is 0 Å². The maximum Gasteiger partial charge on any atom is 0.299 e. The third-order valence-electron chi connectivity index (χ3n) is 3.38. The minimum absolute atomic E-state index is 0.133. The maximum absolute atomic E-state index is 13.6. The summed E-state index contributed by atoms with van der Waals surface area (Å²) in [6.07, 6.45) is 0. The van der Waals surface area contributed by atoms with Gasteiger partial charge < -0.3 is 10.2 Å². The maximum atomic E-state index is 13.6. The van der Waals surface area contributed by atoms with Crippen LogP contribution < -0.4 is 10.2 Å². The van der Waals surface area contributed by atoms with E-state index in [0.717, 1.165) is 6.07 Å². The van der Waals surface area contributed by atoms with Crippen molar-refractivity contribution in [1.82, 2.24) is 5.32 Å². The van der Waals surface area contributed by atoms with Crippen molar-refractivity contribution >= 4 is 29.0 Å². The molecule has 0 saturated heterocycles. The molecule has 1 heterocycles. The number of amides is 1. The molecular formula is C15H18ClFN2O2. The molecule has 6 heteroatoms. The lowest BCUT2D eigenvalue weighted by Gasteiger charge is -2.22. The molecule has 0 aliphatic carbocycles. The number of halogens is 2. The molecule has 0 saturated carbocycles. The number of fused-ring (bicyclic) bond motifs is 1. The fraction of sp³-hybridized carbons (Fsp3) is 0.467. The summed E-state index contributed by atoms with van der Waals surface area (Å²) in [7, 11) is 0. The topological polar surface area (TPSA) is 49.4 Å². The minimum atomic E-state index is -0.629. The van der Waals surface area contributed by atoms with Crippen molar-refractivity contribution in [2.75, 3.05) is 18.0 Å². The number of Topliss-reactive ketones (excluding diaryl/α,β-unsaturated/α-hetero) is 1. The van der Waals surface area contributed by atoms with E-state index in [0.29, 0.717) is 24.8 Å². The molecule has 0 bridgehead atoms. The van der Waals surface area contributed by atoms with Crippen molar-refractivity contribution in [3.8, 4) is 0 Å². The standard InChI is InChI=1S/C15H18ClFN2O2/c1-8(2)18-6-9(3)7-19-13-5-12(17)11(16)4-10(13)14(20)15(19)21/h4-5,8-9,18H,6-7H2,1-3H3. The first-order chi connectivity index (χ1) is 9.81. The molecular weight excluding hydrogens is 295 g/mol. The van der Waals surface area contributed by atoms with E-state index in [9.17, 15) is 14.0 Å². The van der Waals surface area contributed by atoms with E-state index >= 15 is 0 Å². The van der Waals surface area contributed by atoms with Crippen LogP contribution in [0.1, 0.15) is 31.1 Å². The molecule has 0 spiro atoms. The Kier molecular flexibility index (Phi) is 4.64. The lowest BCUT2D eigenvalue weighted by molar-refractivity contribution is -0.114. The molecule has 1 aromatic rings. The Labute approximate surface area is 128 Å². The van der Waals surface area contributed by atoms with Crippen molar-refractivity contribution in [3.63, 3.8) is 0 Å². The molecule has 1 unspecified atom stereocenters. The van der Waals surface area contributed by atoms with Crippen LogP contribution >= 0.6 is 11.6 Å². The zero-order valence-electron chi connectivity index (χ0n) is 12.2. The number of nitrogens with zero attached hydrogens (tertiary/aromatic N) is 1. The molecule has 1 aliphatic rings. The quantitative estimate of drug-likeness (QED) is 0.850. The molecule has 0 fully saturated rings. The molecule has 1 N–H and O–H groups in total. The second-order valence-electron chi connectivity index (χ2n) is 5.70. The summed E-state index contributed by atoms with van der Waals surface area (Å²) in [4.78, 5) is 25.3. The molecule has 1 atom stereocenters. The van der Waals surface area contributed by atoms with Gasteiger partial charge in [0.2, 0.25) is 0 Å². The van der Waals surface area contributed by atoms with Crippen LogP contribution in [-0.4, -0.2) is 30.8 Å². The number of ketones is 1. The van der Waals surface area contributed by atoms with Crippen LogP contribution in [0, 0.1) is 11.7 Å². The summed E-state index contributed by atoms with van der Waals surface area (Å²) in [6, 6.07) is 2.72. The van der Waals surface area contributed by atoms with E-state index in [1.54, 1.807) is 0 Å². The summed E-state index contributed by atoms with van der Waals surface area (Å²) in [6.45, 7) is 7.10. The predicted octanol–water partition coefficient (Wildman–Crippen LogP) is 2.64. The van der Waals surface area contributed by atoms with Crippen LogP contribution in [0.3, 0.4) is 0 Å². The third-order valence-corrected chi connectivity index (χ3v) is 3.67. The molecule has 114 valence electrons. The molecule has 4 nitrogen and oxygen atoms in total. The first-order valence-corrected chi connectivity index (χ1v) is 7.27. The lowest BCUT2D eigenvalue weighted by Crippen LogP contribution is -2.38. The van der Waals surface area contributed by atoms with Gasteiger partial charge in [-0.25, -0.2) is 4.39 Å². The highest BCUT2D eigenvalue weighted by atomic mass is 35.5. The Bertz CT molecular complexity index is 589. The molecule has 2 rings (SSSR count). The zero-order chi connectivity index (χ0) is 15.7. The van der Waals surface area contributed by atoms with Gasteiger partial charge in [0.25, 0.3) is 11.7 Å². The molecule has 1 amide bonds. The summed E-state index contributed by atoms with van der Waals surface area (Å²) >= 11 is 5.68. The van der Waals surface area contributed by atoms with Gasteiger partial charge in [0, 0.05) is 12.6 Å². The second kappa shape index (κ2) is 6.12. The SMILES string of the molecule is CC(CNC(C)C)CN1C(=O)C(=O)c2cc(Cl)c(F)cc21. The van der Waals surface area contributed by atoms with Gasteiger partial charge in [0.05, 0.1) is 16.3 Å². The van der Waals surface area contributed by atoms with Crippen molar-refractivity contribution in [1.29, 1.82) is 0 Å². The van der Waals surface area contributed by atoms with Gasteiger partial charge in [0.1, 0.15) is 5.82 Å². The van der Waals surface area contributed by atoms with E-state index in [1.165, 1.54) is 11.0 Å². The Balaban J connectivity index is 2.21. The average Bonchev–Trinajstić information content (AvgIpc) is 2.63. The summed E-state index contributed by atoms with van der Waals surface area (Å²) in [5.74, 6) is -1.75. The molecule has 1 aliphatic heterocycles. The fourth-order valence-electron chi connectivity index (χ4n) is 2.28. The van der Waals surface area contributed by atoms with E-state index in [2.05, 4.69) is 5.32 Å². The monoisotopic (exact) mass is 312 g/mol. The number of carbonyl (C=O) groups excluding carboxylic acids is 2. The minimum Gasteiger partial charge on any atom is -0.314 e. The molecule has 21 heavy (non-hydrogen) atoms. The second-order valence-corrected chi connectivity index (χ2v) is 6.10. The summed E-state index contributed by atoms with van der Waals surface area (Å²) in [5, 5.41) is 3.12. The predicted molar refractivity (Wildman–Crippen MR) is 80.4 cm³/mol. The van der Waals surface area contributed by atoms with Gasteiger partial charge >= 0.3 is 0 Å². The van der Waals surface area contributed by atoms with Gasteiger partial charge in [0.15, 0.2) is 0 Å². The Hall–Kier alpha value is -1.46. The number of nitrogens with one attached hydrogen (secondary N) is 1. The summed E-state index contributed by atoms with van der Waals surface area (Å²) < 4.78 is 13.6. The largest absolute Gasteiger partial charge is 0.314 e. The van der Waals surface area contributed by atoms with Crippen molar-refractivity contribution in [3.05, 3.63) is 28.5 Å². The number of anilines is 1. The number of hydrogen-bond donors (Lipinski definition) is 1. The molecule has 0 aromatic heterocycles. The first kappa shape index (κ1) is 15.9. The fourth-order valence-corrected chi connectivity index (χ4v) is 2.45. The first-order valence-electron chi connectivity index (χ1n) is 6.90. The van der Waals surface area contributed by atoms with Crippen LogP contribution in [0.2, 0.25) is 5.02 Å². The highest BCUT2D eigenvalue weighted by Crippen LogP contribution is 2.33.